The van der Waals surface area contributed by atoms with Crippen LogP contribution in [0.4, 0.5) is 0 Å². The van der Waals surface area contributed by atoms with Crippen molar-refractivity contribution in [3.05, 3.63) is 21.4 Å². The third-order valence-corrected chi connectivity index (χ3v) is 5.93. The second-order valence-electron chi connectivity index (χ2n) is 6.29. The standard InChI is InChI=1S/C16H24N2OS/c1-11-5-6-14-12(8-11)9-15(20-14)16(19)18-7-3-2-4-13(18)10-17/h9,11,13H,2-8,10,17H2,1H3. The second-order valence-corrected chi connectivity index (χ2v) is 7.43. The molecule has 2 atom stereocenters. The van der Waals surface area contributed by atoms with Gasteiger partial charge < -0.3 is 10.6 Å². The number of nitrogens with two attached hydrogens (primary N) is 1. The number of carbonyl (C=O) groups excluding carboxylic acids is 1. The molecule has 0 saturated carbocycles. The number of rotatable bonds is 2. The zero-order valence-electron chi connectivity index (χ0n) is 12.2. The first-order valence-electron chi connectivity index (χ1n) is 7.81. The van der Waals surface area contributed by atoms with Crippen molar-refractivity contribution in [1.29, 1.82) is 0 Å². The highest BCUT2D eigenvalue weighted by Gasteiger charge is 2.29. The van der Waals surface area contributed by atoms with Gasteiger partial charge >= 0.3 is 0 Å². The second kappa shape index (κ2) is 5.86. The molecule has 4 heteroatoms. The number of hydrogen-bond donors (Lipinski definition) is 1. The van der Waals surface area contributed by atoms with Crippen LogP contribution in [0, 0.1) is 5.92 Å². The maximum absolute atomic E-state index is 12.7. The summed E-state index contributed by atoms with van der Waals surface area (Å²) in [4.78, 5) is 17.1. The minimum atomic E-state index is 0.215. The molecule has 3 rings (SSSR count). The summed E-state index contributed by atoms with van der Waals surface area (Å²) >= 11 is 1.72. The number of fused-ring (bicyclic) bond motifs is 1. The van der Waals surface area contributed by atoms with Crippen LogP contribution in [0.25, 0.3) is 0 Å². The molecular formula is C16H24N2OS. The van der Waals surface area contributed by atoms with Crippen LogP contribution in [-0.2, 0) is 12.8 Å². The maximum atomic E-state index is 12.7. The van der Waals surface area contributed by atoms with Gasteiger partial charge in [0.1, 0.15) is 0 Å². The van der Waals surface area contributed by atoms with Gasteiger partial charge in [-0.15, -0.1) is 11.3 Å². The molecular weight excluding hydrogens is 268 g/mol. The Bertz CT molecular complexity index is 497. The molecule has 2 N–H and O–H groups in total. The monoisotopic (exact) mass is 292 g/mol. The summed E-state index contributed by atoms with van der Waals surface area (Å²) in [6.45, 7) is 3.77. The molecule has 0 aromatic carbocycles. The number of thiophene rings is 1. The number of piperidine rings is 1. The van der Waals surface area contributed by atoms with Crippen LogP contribution in [0.5, 0.6) is 0 Å². The zero-order valence-corrected chi connectivity index (χ0v) is 13.0. The third-order valence-electron chi connectivity index (χ3n) is 4.70. The van der Waals surface area contributed by atoms with E-state index in [9.17, 15) is 4.79 Å². The third kappa shape index (κ3) is 2.63. The number of nitrogens with zero attached hydrogens (tertiary/aromatic N) is 1. The molecule has 1 amide bonds. The van der Waals surface area contributed by atoms with Gasteiger partial charge in [-0.3, -0.25) is 4.79 Å². The molecule has 1 saturated heterocycles. The van der Waals surface area contributed by atoms with E-state index < -0.39 is 0 Å². The fraction of sp³-hybridized carbons (Fsp3) is 0.688. The van der Waals surface area contributed by atoms with E-state index in [1.165, 1.54) is 23.3 Å². The lowest BCUT2D eigenvalue weighted by atomic mass is 9.90. The van der Waals surface area contributed by atoms with Gasteiger partial charge in [-0.05, 0) is 56.1 Å². The van der Waals surface area contributed by atoms with Crippen molar-refractivity contribution in [3.8, 4) is 0 Å². The summed E-state index contributed by atoms with van der Waals surface area (Å²) in [6, 6.07) is 2.40. The minimum Gasteiger partial charge on any atom is -0.334 e. The number of likely N-dealkylation sites (tertiary alicyclic amines) is 1. The molecule has 1 aromatic heterocycles. The highest BCUT2D eigenvalue weighted by molar-refractivity contribution is 7.14. The lowest BCUT2D eigenvalue weighted by Gasteiger charge is -2.34. The van der Waals surface area contributed by atoms with E-state index in [0.717, 1.165) is 43.0 Å². The number of hydrogen-bond acceptors (Lipinski definition) is 3. The SMILES string of the molecule is CC1CCc2sc(C(=O)N3CCCCC3CN)cc2C1. The Morgan fingerprint density at radius 2 is 2.30 bits per heavy atom. The van der Waals surface area contributed by atoms with Gasteiger partial charge in [-0.25, -0.2) is 0 Å². The molecule has 0 bridgehead atoms. The van der Waals surface area contributed by atoms with Gasteiger partial charge in [0.25, 0.3) is 5.91 Å². The van der Waals surface area contributed by atoms with Gasteiger partial charge in [0, 0.05) is 24.0 Å². The van der Waals surface area contributed by atoms with E-state index in [2.05, 4.69) is 13.0 Å². The average molecular weight is 292 g/mol. The van der Waals surface area contributed by atoms with Crippen molar-refractivity contribution in [3.63, 3.8) is 0 Å². The predicted octanol–water partition coefficient (Wildman–Crippen LogP) is 2.83. The molecule has 1 aromatic rings. The Labute approximate surface area is 125 Å². The van der Waals surface area contributed by atoms with Crippen LogP contribution in [0.15, 0.2) is 6.07 Å². The lowest BCUT2D eigenvalue weighted by molar-refractivity contribution is 0.0628. The van der Waals surface area contributed by atoms with Crippen LogP contribution < -0.4 is 5.73 Å². The van der Waals surface area contributed by atoms with Crippen molar-refractivity contribution in [2.24, 2.45) is 11.7 Å². The quantitative estimate of drug-likeness (QED) is 0.911. The molecule has 0 spiro atoms. The smallest absolute Gasteiger partial charge is 0.264 e. The summed E-state index contributed by atoms with van der Waals surface area (Å²) in [6.07, 6.45) is 6.92. The normalized spacial score (nSPS) is 26.4. The van der Waals surface area contributed by atoms with E-state index in [0.29, 0.717) is 6.54 Å². The largest absolute Gasteiger partial charge is 0.334 e. The summed E-state index contributed by atoms with van der Waals surface area (Å²) < 4.78 is 0. The van der Waals surface area contributed by atoms with E-state index in [1.54, 1.807) is 11.3 Å². The van der Waals surface area contributed by atoms with Crippen LogP contribution in [-0.4, -0.2) is 29.9 Å². The van der Waals surface area contributed by atoms with Crippen molar-refractivity contribution < 1.29 is 4.79 Å². The molecule has 0 radical (unpaired) electrons. The van der Waals surface area contributed by atoms with Gasteiger partial charge in [0.2, 0.25) is 0 Å². The number of amides is 1. The van der Waals surface area contributed by atoms with E-state index >= 15 is 0 Å². The Kier molecular flexibility index (Phi) is 4.13. The van der Waals surface area contributed by atoms with Crippen LogP contribution in [0.1, 0.15) is 52.7 Å². The maximum Gasteiger partial charge on any atom is 0.264 e. The Hall–Kier alpha value is -0.870. The predicted molar refractivity (Wildman–Crippen MR) is 83.2 cm³/mol. The molecule has 110 valence electrons. The summed E-state index contributed by atoms with van der Waals surface area (Å²) in [5.74, 6) is 0.971. The summed E-state index contributed by atoms with van der Waals surface area (Å²) in [5, 5.41) is 0. The molecule has 1 aliphatic heterocycles. The first-order chi connectivity index (χ1) is 9.69. The zero-order chi connectivity index (χ0) is 14.1. The van der Waals surface area contributed by atoms with Crippen molar-refractivity contribution in [2.45, 2.75) is 51.5 Å². The topological polar surface area (TPSA) is 46.3 Å². The molecule has 2 heterocycles. The molecule has 1 fully saturated rings. The lowest BCUT2D eigenvalue weighted by Crippen LogP contribution is -2.47. The summed E-state index contributed by atoms with van der Waals surface area (Å²) in [5.41, 5.74) is 7.25. The Balaban J connectivity index is 1.80. The molecule has 3 nitrogen and oxygen atoms in total. The highest BCUT2D eigenvalue weighted by atomic mass is 32.1. The van der Waals surface area contributed by atoms with Crippen molar-refractivity contribution in [1.82, 2.24) is 4.90 Å². The number of carbonyl (C=O) groups is 1. The van der Waals surface area contributed by atoms with Crippen molar-refractivity contribution in [2.75, 3.05) is 13.1 Å². The number of aryl methyl sites for hydroxylation is 1. The van der Waals surface area contributed by atoms with Gasteiger partial charge in [-0.1, -0.05) is 6.92 Å². The van der Waals surface area contributed by atoms with Gasteiger partial charge in [-0.2, -0.15) is 0 Å². The van der Waals surface area contributed by atoms with E-state index in [4.69, 9.17) is 5.73 Å². The first kappa shape index (κ1) is 14.1. The molecule has 1 aliphatic carbocycles. The Morgan fingerprint density at radius 1 is 1.45 bits per heavy atom. The summed E-state index contributed by atoms with van der Waals surface area (Å²) in [7, 11) is 0. The average Bonchev–Trinajstić information content (AvgIpc) is 2.89. The van der Waals surface area contributed by atoms with Crippen LogP contribution in [0.2, 0.25) is 0 Å². The van der Waals surface area contributed by atoms with Gasteiger partial charge in [0.05, 0.1) is 4.88 Å². The van der Waals surface area contributed by atoms with Crippen molar-refractivity contribution >= 4 is 17.2 Å². The van der Waals surface area contributed by atoms with Crippen LogP contribution >= 0.6 is 11.3 Å². The Morgan fingerprint density at radius 3 is 3.10 bits per heavy atom. The van der Waals surface area contributed by atoms with Gasteiger partial charge in [0.15, 0.2) is 0 Å². The molecule has 2 unspecified atom stereocenters. The van der Waals surface area contributed by atoms with Crippen LogP contribution in [0.3, 0.4) is 0 Å². The van der Waals surface area contributed by atoms with E-state index in [1.807, 2.05) is 4.90 Å². The minimum absolute atomic E-state index is 0.215. The fourth-order valence-corrected chi connectivity index (χ4v) is 4.63. The molecule has 2 aliphatic rings. The molecule has 20 heavy (non-hydrogen) atoms. The fourth-order valence-electron chi connectivity index (χ4n) is 3.47. The first-order valence-corrected chi connectivity index (χ1v) is 8.63. The van der Waals surface area contributed by atoms with E-state index in [-0.39, 0.29) is 11.9 Å². The highest BCUT2D eigenvalue weighted by Crippen LogP contribution is 2.33.